The Morgan fingerprint density at radius 2 is 2.17 bits per heavy atom. The summed E-state index contributed by atoms with van der Waals surface area (Å²) in [6.45, 7) is 0.831. The second-order valence-electron chi connectivity index (χ2n) is 9.10. The molecule has 36 heavy (non-hydrogen) atoms. The molecule has 4 N–H and O–H groups in total. The van der Waals surface area contributed by atoms with E-state index in [1.165, 1.54) is 5.23 Å². The van der Waals surface area contributed by atoms with Gasteiger partial charge in [-0.2, -0.15) is 0 Å². The molecule has 1 aromatic rings. The average Bonchev–Trinajstić information content (AvgIpc) is 3.37. The lowest BCUT2D eigenvalue weighted by Crippen LogP contribution is -2.52. The van der Waals surface area contributed by atoms with Crippen LogP contribution in [0.25, 0.3) is 0 Å². The Labute approximate surface area is 208 Å². The molecule has 4 unspecified atom stereocenters. The van der Waals surface area contributed by atoms with Crippen LogP contribution in [0.2, 0.25) is 0 Å². The summed E-state index contributed by atoms with van der Waals surface area (Å²) in [6, 6.07) is 4.70. The first-order chi connectivity index (χ1) is 17.5. The number of methoxy groups -OCH3 is 1. The van der Waals surface area contributed by atoms with Crippen molar-refractivity contribution in [3.05, 3.63) is 42.2 Å². The molecule has 3 aliphatic heterocycles. The minimum atomic E-state index is -0.891. The lowest BCUT2D eigenvalue weighted by Gasteiger charge is -2.41. The summed E-state index contributed by atoms with van der Waals surface area (Å²) in [4.78, 5) is 47.4. The number of rotatable bonds is 8. The molecule has 2 fully saturated rings. The Hall–Kier alpha value is -3.16. The summed E-state index contributed by atoms with van der Waals surface area (Å²) in [7, 11) is 1.57. The maximum absolute atomic E-state index is 13.1. The number of carbonyl (C=O) groups is 2. The Kier molecular flexibility index (Phi) is 7.12. The molecule has 12 nitrogen and oxygen atoms in total. The number of nitrogens with zero attached hydrogens (tertiary/aromatic N) is 1. The Morgan fingerprint density at radius 3 is 2.94 bits per heavy atom. The van der Waals surface area contributed by atoms with E-state index in [0.29, 0.717) is 61.8 Å². The second-order valence-corrected chi connectivity index (χ2v) is 9.10. The SMILES string of the molecule is COC1=CC=CC(C(N)=O)(C2CCNC(C(=O)COc3cccc4c3ON(C3CCONO3)O4)C2)C1. The highest BCUT2D eigenvalue weighted by molar-refractivity contribution is 5.87. The van der Waals surface area contributed by atoms with Crippen LogP contribution in [0.4, 0.5) is 0 Å². The first kappa shape index (κ1) is 24.5. The molecule has 0 radical (unpaired) electrons. The molecule has 0 aromatic heterocycles. The van der Waals surface area contributed by atoms with E-state index in [9.17, 15) is 9.59 Å². The number of allylic oxidation sites excluding steroid dienone is 3. The van der Waals surface area contributed by atoms with Gasteiger partial charge in [-0.1, -0.05) is 23.9 Å². The van der Waals surface area contributed by atoms with Crippen molar-refractivity contribution in [3.8, 4) is 17.2 Å². The van der Waals surface area contributed by atoms with Gasteiger partial charge in [0.15, 0.2) is 17.3 Å². The van der Waals surface area contributed by atoms with Gasteiger partial charge in [0.25, 0.3) is 0 Å². The molecule has 1 aromatic carbocycles. The third-order valence-corrected chi connectivity index (χ3v) is 7.01. The van der Waals surface area contributed by atoms with Gasteiger partial charge >= 0.3 is 0 Å². The summed E-state index contributed by atoms with van der Waals surface area (Å²) in [5.41, 5.74) is 7.32. The van der Waals surface area contributed by atoms with Crippen molar-refractivity contribution in [1.82, 2.24) is 16.2 Å². The van der Waals surface area contributed by atoms with Crippen LogP contribution in [0.5, 0.6) is 17.2 Å². The molecule has 4 aliphatic rings. The van der Waals surface area contributed by atoms with Gasteiger partial charge in [-0.25, -0.2) is 0 Å². The smallest absolute Gasteiger partial charge is 0.238 e. The summed E-state index contributed by atoms with van der Waals surface area (Å²) in [6.07, 6.45) is 7.03. The highest BCUT2D eigenvalue weighted by Crippen LogP contribution is 2.45. The van der Waals surface area contributed by atoms with Gasteiger partial charge in [-0.15, -0.1) is 0 Å². The minimum absolute atomic E-state index is 0.111. The summed E-state index contributed by atoms with van der Waals surface area (Å²) >= 11 is 0. The van der Waals surface area contributed by atoms with E-state index < -0.39 is 23.6 Å². The van der Waals surface area contributed by atoms with E-state index in [4.69, 9.17) is 34.6 Å². The van der Waals surface area contributed by atoms with Crippen LogP contribution in [0.1, 0.15) is 25.7 Å². The third kappa shape index (κ3) is 4.77. The number of Topliss-reactive ketones (excluding diaryl/α,β-unsaturated/α-hetero) is 1. The van der Waals surface area contributed by atoms with Crippen molar-refractivity contribution in [1.29, 1.82) is 0 Å². The Bertz CT molecular complexity index is 1060. The van der Waals surface area contributed by atoms with Crippen LogP contribution < -0.4 is 31.1 Å². The van der Waals surface area contributed by atoms with Gasteiger partial charge in [0.2, 0.25) is 17.9 Å². The molecular formula is C24H30N4O8. The molecule has 5 rings (SSSR count). The zero-order valence-electron chi connectivity index (χ0n) is 19.9. The normalized spacial score (nSPS) is 29.9. The van der Waals surface area contributed by atoms with Crippen molar-refractivity contribution < 1.29 is 38.4 Å². The molecule has 0 saturated carbocycles. The predicted octanol–water partition coefficient (Wildman–Crippen LogP) is 1.05. The Balaban J connectivity index is 1.22. The first-order valence-corrected chi connectivity index (χ1v) is 11.9. The van der Waals surface area contributed by atoms with E-state index in [1.807, 2.05) is 12.2 Å². The molecule has 0 bridgehead atoms. The molecule has 0 spiro atoms. The van der Waals surface area contributed by atoms with E-state index in [-0.39, 0.29) is 18.3 Å². The molecule has 3 heterocycles. The number of hydrogen-bond acceptors (Lipinski definition) is 11. The number of para-hydroxylation sites is 1. The first-order valence-electron chi connectivity index (χ1n) is 11.9. The number of nitrogens with one attached hydrogen (secondary N) is 2. The van der Waals surface area contributed by atoms with Gasteiger partial charge in [0, 0.05) is 12.8 Å². The molecule has 12 heteroatoms. The number of piperidine rings is 1. The lowest BCUT2D eigenvalue weighted by molar-refractivity contribution is -0.376. The molecule has 1 amide bonds. The van der Waals surface area contributed by atoms with Crippen LogP contribution in [0, 0.1) is 11.3 Å². The summed E-state index contributed by atoms with van der Waals surface area (Å²) in [5.74, 6) is 1.20. The fraction of sp³-hybridized carbons (Fsp3) is 0.500. The minimum Gasteiger partial charge on any atom is -0.501 e. The molecule has 1 aliphatic carbocycles. The van der Waals surface area contributed by atoms with Crippen LogP contribution in [-0.2, 0) is 24.0 Å². The second kappa shape index (κ2) is 10.4. The van der Waals surface area contributed by atoms with Crippen molar-refractivity contribution in [2.75, 3.05) is 26.9 Å². The number of ketones is 1. The zero-order chi connectivity index (χ0) is 25.1. The van der Waals surface area contributed by atoms with Gasteiger partial charge in [-0.05, 0) is 43.5 Å². The summed E-state index contributed by atoms with van der Waals surface area (Å²) < 4.78 is 11.2. The van der Waals surface area contributed by atoms with Crippen molar-refractivity contribution in [3.63, 3.8) is 0 Å². The number of carbonyl (C=O) groups excluding carboxylic acids is 2. The number of ether oxygens (including phenoxy) is 2. The van der Waals surface area contributed by atoms with Crippen molar-refractivity contribution >= 4 is 11.7 Å². The van der Waals surface area contributed by atoms with Gasteiger partial charge in [0.05, 0.1) is 36.2 Å². The highest BCUT2D eigenvalue weighted by Gasteiger charge is 2.46. The lowest BCUT2D eigenvalue weighted by atomic mass is 9.65. The highest BCUT2D eigenvalue weighted by atomic mass is 17.0. The van der Waals surface area contributed by atoms with Gasteiger partial charge in [0.1, 0.15) is 6.61 Å². The molecular weight excluding hydrogens is 472 g/mol. The van der Waals surface area contributed by atoms with Gasteiger partial charge in [-0.3, -0.25) is 19.3 Å². The quantitative estimate of drug-likeness (QED) is 0.469. The number of primary amides is 1. The third-order valence-electron chi connectivity index (χ3n) is 7.01. The predicted molar refractivity (Wildman–Crippen MR) is 124 cm³/mol. The standard InChI is InChI=1S/C24H30N4O8/c1-31-16-4-3-9-24(13-16,23(25)30)15-7-10-26-17(12-15)18(29)14-32-19-5-2-6-20-22(19)36-28(35-20)21-8-11-33-27-34-21/h2-6,9,15,17,21,26-27H,7-8,10-14H2,1H3,(H2,25,30). The number of hydroxylamine groups is 2. The monoisotopic (exact) mass is 502 g/mol. The number of benzene rings is 1. The van der Waals surface area contributed by atoms with E-state index in [2.05, 4.69) is 11.0 Å². The summed E-state index contributed by atoms with van der Waals surface area (Å²) in [5, 5.41) is 4.47. The van der Waals surface area contributed by atoms with Gasteiger partial charge < -0.3 is 30.2 Å². The maximum atomic E-state index is 13.1. The van der Waals surface area contributed by atoms with Crippen LogP contribution >= 0.6 is 0 Å². The van der Waals surface area contributed by atoms with Crippen LogP contribution in [0.3, 0.4) is 0 Å². The maximum Gasteiger partial charge on any atom is 0.238 e. The Morgan fingerprint density at radius 1 is 1.28 bits per heavy atom. The van der Waals surface area contributed by atoms with E-state index >= 15 is 0 Å². The zero-order valence-corrected chi connectivity index (χ0v) is 19.9. The van der Waals surface area contributed by atoms with Crippen LogP contribution in [0.15, 0.2) is 42.2 Å². The number of nitrogens with two attached hydrogens (primary N) is 1. The molecule has 2 saturated heterocycles. The number of hydrogen-bond donors (Lipinski definition) is 3. The van der Waals surface area contributed by atoms with E-state index in [1.54, 1.807) is 31.4 Å². The fourth-order valence-electron chi connectivity index (χ4n) is 5.00. The number of fused-ring (bicyclic) bond motifs is 1. The van der Waals surface area contributed by atoms with Crippen molar-refractivity contribution in [2.24, 2.45) is 17.1 Å². The van der Waals surface area contributed by atoms with Crippen LogP contribution in [-0.4, -0.2) is 56.1 Å². The molecule has 4 atom stereocenters. The molecule has 194 valence electrons. The van der Waals surface area contributed by atoms with Crippen molar-refractivity contribution in [2.45, 2.75) is 38.0 Å². The fourth-order valence-corrected chi connectivity index (χ4v) is 5.00. The van der Waals surface area contributed by atoms with E-state index in [0.717, 1.165) is 0 Å². The topological polar surface area (TPSA) is 143 Å². The largest absolute Gasteiger partial charge is 0.501 e. The number of amides is 1. The average molecular weight is 503 g/mol.